The van der Waals surface area contributed by atoms with E-state index in [1.165, 1.54) is 11.1 Å². The van der Waals surface area contributed by atoms with Crippen molar-refractivity contribution in [2.24, 2.45) is 0 Å². The zero-order valence-corrected chi connectivity index (χ0v) is 13.0. The summed E-state index contributed by atoms with van der Waals surface area (Å²) in [6.07, 6.45) is 4.62. The number of anilines is 1. The maximum absolute atomic E-state index is 6.08. The molecule has 0 aliphatic heterocycles. The second-order valence-electron chi connectivity index (χ2n) is 5.04. The normalized spacial score (nSPS) is 10.6. The van der Waals surface area contributed by atoms with Gasteiger partial charge in [-0.3, -0.25) is 4.98 Å². The lowest BCUT2D eigenvalue weighted by molar-refractivity contribution is 0.846. The molecule has 0 unspecified atom stereocenters. The van der Waals surface area contributed by atoms with Gasteiger partial charge in [-0.15, -0.1) is 11.6 Å². The molecule has 0 aromatic carbocycles. The first-order valence-electron chi connectivity index (χ1n) is 6.75. The van der Waals surface area contributed by atoms with Crippen molar-refractivity contribution >= 4 is 17.4 Å². The van der Waals surface area contributed by atoms with Crippen LogP contribution in [0.15, 0.2) is 30.6 Å². The zero-order chi connectivity index (χ0) is 14.5. The molecule has 2 aromatic heterocycles. The van der Waals surface area contributed by atoms with Crippen LogP contribution in [0.5, 0.6) is 0 Å². The van der Waals surface area contributed by atoms with E-state index in [0.717, 1.165) is 30.0 Å². The van der Waals surface area contributed by atoms with Gasteiger partial charge in [-0.1, -0.05) is 0 Å². The van der Waals surface area contributed by atoms with Gasteiger partial charge in [0.2, 0.25) is 0 Å². The zero-order valence-electron chi connectivity index (χ0n) is 12.2. The van der Waals surface area contributed by atoms with Crippen LogP contribution in [-0.2, 0) is 12.3 Å². The van der Waals surface area contributed by atoms with E-state index in [9.17, 15) is 0 Å². The van der Waals surface area contributed by atoms with Gasteiger partial charge >= 0.3 is 0 Å². The summed E-state index contributed by atoms with van der Waals surface area (Å²) in [5.74, 6) is 1.49. The molecule has 106 valence electrons. The van der Waals surface area contributed by atoms with Crippen LogP contribution in [-0.4, -0.2) is 23.6 Å². The molecule has 0 N–H and O–H groups in total. The molecule has 0 saturated heterocycles. The lowest BCUT2D eigenvalue weighted by Crippen LogP contribution is -2.23. The number of hydrogen-bond acceptors (Lipinski definition) is 3. The van der Waals surface area contributed by atoms with Gasteiger partial charge < -0.3 is 4.90 Å². The van der Waals surface area contributed by atoms with Crippen molar-refractivity contribution in [1.82, 2.24) is 9.97 Å². The van der Waals surface area contributed by atoms with E-state index >= 15 is 0 Å². The van der Waals surface area contributed by atoms with E-state index in [-0.39, 0.29) is 0 Å². The average Bonchev–Trinajstić information content (AvgIpc) is 2.45. The fourth-order valence-corrected chi connectivity index (χ4v) is 2.61. The minimum atomic E-state index is 0.494. The summed E-state index contributed by atoms with van der Waals surface area (Å²) in [6.45, 7) is 5.02. The fraction of sp³-hybridized carbons (Fsp3) is 0.375. The predicted molar refractivity (Wildman–Crippen MR) is 84.5 cm³/mol. The lowest BCUT2D eigenvalue weighted by Gasteiger charge is -2.22. The molecule has 3 nitrogen and oxygen atoms in total. The number of alkyl halides is 1. The van der Waals surface area contributed by atoms with Crippen LogP contribution in [0.25, 0.3) is 0 Å². The summed E-state index contributed by atoms with van der Waals surface area (Å²) in [7, 11) is 2.07. The van der Waals surface area contributed by atoms with E-state index in [0.29, 0.717) is 5.88 Å². The van der Waals surface area contributed by atoms with Crippen LogP contribution in [0.4, 0.5) is 5.82 Å². The Bertz CT molecular complexity index is 569. The lowest BCUT2D eigenvalue weighted by atomic mass is 10.1. The van der Waals surface area contributed by atoms with E-state index in [1.54, 1.807) is 0 Å². The number of halogens is 1. The summed E-state index contributed by atoms with van der Waals surface area (Å²) >= 11 is 6.08. The molecule has 2 heterocycles. The van der Waals surface area contributed by atoms with E-state index in [2.05, 4.69) is 34.9 Å². The maximum atomic E-state index is 6.08. The average molecular weight is 290 g/mol. The van der Waals surface area contributed by atoms with Crippen molar-refractivity contribution in [2.75, 3.05) is 18.5 Å². The van der Waals surface area contributed by atoms with Gasteiger partial charge in [0.05, 0.1) is 5.88 Å². The molecule has 2 rings (SSSR count). The smallest absolute Gasteiger partial charge is 0.133 e. The van der Waals surface area contributed by atoms with Crippen molar-refractivity contribution in [3.63, 3.8) is 0 Å². The molecule has 0 amide bonds. The number of aromatic nitrogens is 2. The van der Waals surface area contributed by atoms with Gasteiger partial charge in [0.1, 0.15) is 5.82 Å². The molecule has 20 heavy (non-hydrogen) atoms. The largest absolute Gasteiger partial charge is 0.359 e. The third kappa shape index (κ3) is 3.48. The molecule has 0 aliphatic rings. The Labute approximate surface area is 125 Å². The van der Waals surface area contributed by atoms with Crippen molar-refractivity contribution in [2.45, 2.75) is 26.1 Å². The molecule has 0 atom stereocenters. The number of likely N-dealkylation sites (N-methyl/N-ethyl adjacent to an activating group) is 1. The van der Waals surface area contributed by atoms with Crippen LogP contribution in [0, 0.1) is 13.8 Å². The van der Waals surface area contributed by atoms with Gasteiger partial charge in [0, 0.05) is 37.2 Å². The Kier molecular flexibility index (Phi) is 4.96. The summed E-state index contributed by atoms with van der Waals surface area (Å²) in [6, 6.07) is 6.17. The maximum Gasteiger partial charge on any atom is 0.133 e. The molecular formula is C16H20ClN3. The summed E-state index contributed by atoms with van der Waals surface area (Å²) < 4.78 is 0. The third-order valence-electron chi connectivity index (χ3n) is 3.43. The first kappa shape index (κ1) is 14.8. The second kappa shape index (κ2) is 6.71. The standard InChI is InChI=1S/C16H20ClN3/c1-12-10-13(2)19-16(15(12)11-17)20(3)9-6-14-4-7-18-8-5-14/h4-5,7-8,10H,6,9,11H2,1-3H3. The molecular weight excluding hydrogens is 270 g/mol. The van der Waals surface area contributed by atoms with Crippen LogP contribution >= 0.6 is 11.6 Å². The number of pyridine rings is 2. The number of nitrogens with zero attached hydrogens (tertiary/aromatic N) is 3. The van der Waals surface area contributed by atoms with Crippen molar-refractivity contribution < 1.29 is 0 Å². The highest BCUT2D eigenvalue weighted by molar-refractivity contribution is 6.17. The quantitative estimate of drug-likeness (QED) is 0.789. The van der Waals surface area contributed by atoms with Gasteiger partial charge in [0.15, 0.2) is 0 Å². The van der Waals surface area contributed by atoms with Crippen LogP contribution in [0.1, 0.15) is 22.4 Å². The van der Waals surface area contributed by atoms with E-state index in [1.807, 2.05) is 31.5 Å². The van der Waals surface area contributed by atoms with E-state index in [4.69, 9.17) is 11.6 Å². The molecule has 0 aliphatic carbocycles. The first-order chi connectivity index (χ1) is 9.61. The molecule has 2 aromatic rings. The fourth-order valence-electron chi connectivity index (χ4n) is 2.28. The molecule has 0 bridgehead atoms. The monoisotopic (exact) mass is 289 g/mol. The van der Waals surface area contributed by atoms with Gasteiger partial charge in [-0.2, -0.15) is 0 Å². The highest BCUT2D eigenvalue weighted by Gasteiger charge is 2.12. The van der Waals surface area contributed by atoms with Gasteiger partial charge in [-0.05, 0) is 49.6 Å². The Hall–Kier alpha value is -1.61. The summed E-state index contributed by atoms with van der Waals surface area (Å²) in [5.41, 5.74) is 4.64. The highest BCUT2D eigenvalue weighted by atomic mass is 35.5. The number of rotatable bonds is 5. The molecule has 0 spiro atoms. The molecule has 0 fully saturated rings. The number of hydrogen-bond donors (Lipinski definition) is 0. The van der Waals surface area contributed by atoms with Crippen LogP contribution in [0.2, 0.25) is 0 Å². The Morgan fingerprint density at radius 1 is 1.20 bits per heavy atom. The van der Waals surface area contributed by atoms with Crippen molar-refractivity contribution in [1.29, 1.82) is 0 Å². The molecule has 0 radical (unpaired) electrons. The molecule has 0 saturated carbocycles. The first-order valence-corrected chi connectivity index (χ1v) is 7.28. The molecule has 4 heteroatoms. The summed E-state index contributed by atoms with van der Waals surface area (Å²) in [5, 5.41) is 0. The minimum absolute atomic E-state index is 0.494. The Morgan fingerprint density at radius 2 is 1.90 bits per heavy atom. The van der Waals surface area contributed by atoms with Crippen LogP contribution in [0.3, 0.4) is 0 Å². The SMILES string of the molecule is Cc1cc(C)c(CCl)c(N(C)CCc2ccncc2)n1. The Balaban J connectivity index is 2.14. The van der Waals surface area contributed by atoms with Crippen molar-refractivity contribution in [3.8, 4) is 0 Å². The van der Waals surface area contributed by atoms with Crippen molar-refractivity contribution in [3.05, 3.63) is 53.0 Å². The van der Waals surface area contributed by atoms with E-state index < -0.39 is 0 Å². The Morgan fingerprint density at radius 3 is 2.55 bits per heavy atom. The van der Waals surface area contributed by atoms with Crippen LogP contribution < -0.4 is 4.90 Å². The van der Waals surface area contributed by atoms with Gasteiger partial charge in [0.25, 0.3) is 0 Å². The highest BCUT2D eigenvalue weighted by Crippen LogP contribution is 2.23. The minimum Gasteiger partial charge on any atom is -0.359 e. The predicted octanol–water partition coefficient (Wildman–Crippen LogP) is 3.51. The number of aryl methyl sites for hydroxylation is 2. The topological polar surface area (TPSA) is 29.0 Å². The second-order valence-corrected chi connectivity index (χ2v) is 5.31. The third-order valence-corrected chi connectivity index (χ3v) is 3.70. The summed E-state index contributed by atoms with van der Waals surface area (Å²) in [4.78, 5) is 10.9. The van der Waals surface area contributed by atoms with Gasteiger partial charge in [-0.25, -0.2) is 4.98 Å².